The van der Waals surface area contributed by atoms with Gasteiger partial charge in [0.2, 0.25) is 0 Å². The predicted octanol–water partition coefficient (Wildman–Crippen LogP) is 0.857. The van der Waals surface area contributed by atoms with Gasteiger partial charge in [0, 0.05) is 6.54 Å². The van der Waals surface area contributed by atoms with Crippen LogP contribution >= 0.6 is 11.3 Å². The highest BCUT2D eigenvalue weighted by atomic mass is 32.2. The lowest BCUT2D eigenvalue weighted by atomic mass is 10.2. The maximum atomic E-state index is 12.2. The molecule has 96 valence electrons. The van der Waals surface area contributed by atoms with Gasteiger partial charge in [-0.1, -0.05) is 0 Å². The first kappa shape index (κ1) is 13.0. The van der Waals surface area contributed by atoms with Crippen LogP contribution in [-0.4, -0.2) is 36.4 Å². The maximum Gasteiger partial charge on any atom is 0.322 e. The molecule has 0 unspecified atom stereocenters. The van der Waals surface area contributed by atoms with Gasteiger partial charge in [0.1, 0.15) is 21.2 Å². The second-order valence-electron chi connectivity index (χ2n) is 3.84. The van der Waals surface area contributed by atoms with Crippen LogP contribution in [0.4, 0.5) is 0 Å². The highest BCUT2D eigenvalue weighted by Gasteiger charge is 2.40. The minimum absolute atomic E-state index is 0.0206. The summed E-state index contributed by atoms with van der Waals surface area (Å²) in [5, 5.41) is 17.7. The first-order valence-electron chi connectivity index (χ1n) is 5.21. The molecule has 0 spiro atoms. The van der Waals surface area contributed by atoms with Crippen LogP contribution in [0.25, 0.3) is 0 Å². The molecule has 1 atom stereocenters. The van der Waals surface area contributed by atoms with E-state index >= 15 is 0 Å². The standard InChI is InChI=1S/C10H10N2O4S2/c11-6-7-3-4-9(17-7)18(15,16)12-5-1-2-8(12)10(13)14/h3-4,8H,1-2,5H2,(H,13,14)/t8-/m0/s1. The SMILES string of the molecule is N#Cc1ccc(S(=O)(=O)N2CCC[C@H]2C(=O)O)s1. The fourth-order valence-corrected chi connectivity index (χ4v) is 4.79. The molecule has 0 bridgehead atoms. The summed E-state index contributed by atoms with van der Waals surface area (Å²) in [6.45, 7) is 0.207. The molecule has 2 heterocycles. The summed E-state index contributed by atoms with van der Waals surface area (Å²) in [4.78, 5) is 11.3. The Morgan fingerprint density at radius 2 is 2.28 bits per heavy atom. The molecule has 1 aliphatic heterocycles. The quantitative estimate of drug-likeness (QED) is 0.888. The fraction of sp³-hybridized carbons (Fsp3) is 0.400. The smallest absolute Gasteiger partial charge is 0.322 e. The van der Waals surface area contributed by atoms with Crippen molar-refractivity contribution in [3.8, 4) is 6.07 Å². The summed E-state index contributed by atoms with van der Waals surface area (Å²) >= 11 is 0.857. The molecule has 0 amide bonds. The number of carboxylic acids is 1. The maximum absolute atomic E-state index is 12.2. The first-order valence-corrected chi connectivity index (χ1v) is 7.47. The largest absolute Gasteiger partial charge is 0.480 e. The molecule has 0 radical (unpaired) electrons. The van der Waals surface area contributed by atoms with E-state index in [0.717, 1.165) is 15.6 Å². The molecule has 2 rings (SSSR count). The van der Waals surface area contributed by atoms with Gasteiger partial charge >= 0.3 is 5.97 Å². The van der Waals surface area contributed by atoms with E-state index in [1.807, 2.05) is 6.07 Å². The van der Waals surface area contributed by atoms with E-state index in [-0.39, 0.29) is 10.8 Å². The lowest BCUT2D eigenvalue weighted by Gasteiger charge is -2.19. The predicted molar refractivity (Wildman–Crippen MR) is 63.6 cm³/mol. The number of sulfonamides is 1. The summed E-state index contributed by atoms with van der Waals surface area (Å²) in [6.07, 6.45) is 0.859. The van der Waals surface area contributed by atoms with E-state index in [0.29, 0.717) is 17.7 Å². The van der Waals surface area contributed by atoms with Crippen molar-refractivity contribution >= 4 is 27.3 Å². The third-order valence-electron chi connectivity index (χ3n) is 2.74. The minimum atomic E-state index is -3.80. The number of nitrogens with zero attached hydrogens (tertiary/aromatic N) is 2. The van der Waals surface area contributed by atoms with E-state index in [2.05, 4.69) is 0 Å². The van der Waals surface area contributed by atoms with Crippen molar-refractivity contribution in [2.45, 2.75) is 23.1 Å². The second-order valence-corrected chi connectivity index (χ2v) is 7.04. The fourth-order valence-electron chi connectivity index (χ4n) is 1.91. The van der Waals surface area contributed by atoms with Gasteiger partial charge in [0.25, 0.3) is 10.0 Å². The molecular weight excluding hydrogens is 276 g/mol. The molecule has 1 N–H and O–H groups in total. The normalized spacial score (nSPS) is 20.7. The van der Waals surface area contributed by atoms with Crippen molar-refractivity contribution in [3.63, 3.8) is 0 Å². The summed E-state index contributed by atoms with van der Waals surface area (Å²) in [7, 11) is -3.80. The van der Waals surface area contributed by atoms with Gasteiger partial charge in [-0.25, -0.2) is 8.42 Å². The van der Waals surface area contributed by atoms with Crippen LogP contribution < -0.4 is 0 Å². The molecule has 6 nitrogen and oxygen atoms in total. The molecule has 0 aliphatic carbocycles. The molecule has 1 saturated heterocycles. The van der Waals surface area contributed by atoms with Crippen molar-refractivity contribution in [1.82, 2.24) is 4.31 Å². The monoisotopic (exact) mass is 286 g/mol. The average molecular weight is 286 g/mol. The van der Waals surface area contributed by atoms with Crippen LogP contribution in [-0.2, 0) is 14.8 Å². The Morgan fingerprint density at radius 3 is 2.83 bits per heavy atom. The van der Waals surface area contributed by atoms with Gasteiger partial charge in [-0.05, 0) is 25.0 Å². The zero-order valence-electron chi connectivity index (χ0n) is 9.24. The topological polar surface area (TPSA) is 98.5 Å². The second kappa shape index (κ2) is 4.68. The third kappa shape index (κ3) is 2.12. The summed E-state index contributed by atoms with van der Waals surface area (Å²) in [6, 6.07) is 3.63. The first-order chi connectivity index (χ1) is 8.46. The van der Waals surface area contributed by atoms with E-state index in [1.165, 1.54) is 12.1 Å². The van der Waals surface area contributed by atoms with E-state index in [4.69, 9.17) is 10.4 Å². The Bertz CT molecular complexity index is 614. The number of aliphatic carboxylic acids is 1. The van der Waals surface area contributed by atoms with Gasteiger partial charge in [-0.3, -0.25) is 4.79 Å². The lowest BCUT2D eigenvalue weighted by molar-refractivity contribution is -0.140. The molecule has 18 heavy (non-hydrogen) atoms. The van der Waals surface area contributed by atoms with Crippen LogP contribution in [0, 0.1) is 11.3 Å². The molecule has 1 aromatic rings. The van der Waals surface area contributed by atoms with Gasteiger partial charge in [0.15, 0.2) is 0 Å². The molecular formula is C10H10N2O4S2. The van der Waals surface area contributed by atoms with E-state index in [1.54, 1.807) is 0 Å². The van der Waals surface area contributed by atoms with Gasteiger partial charge < -0.3 is 5.11 Å². The Morgan fingerprint density at radius 1 is 1.56 bits per heavy atom. The van der Waals surface area contributed by atoms with Gasteiger partial charge in [-0.15, -0.1) is 11.3 Å². The van der Waals surface area contributed by atoms with Crippen LogP contribution in [0.2, 0.25) is 0 Å². The van der Waals surface area contributed by atoms with Crippen molar-refractivity contribution in [2.75, 3.05) is 6.54 Å². The average Bonchev–Trinajstić information content (AvgIpc) is 2.98. The molecule has 0 saturated carbocycles. The number of nitriles is 1. The van der Waals surface area contributed by atoms with Crippen molar-refractivity contribution in [1.29, 1.82) is 5.26 Å². The number of hydrogen-bond acceptors (Lipinski definition) is 5. The molecule has 0 aromatic carbocycles. The number of rotatable bonds is 3. The third-order valence-corrected chi connectivity index (χ3v) is 6.11. The zero-order valence-corrected chi connectivity index (χ0v) is 10.9. The van der Waals surface area contributed by atoms with Crippen molar-refractivity contribution in [3.05, 3.63) is 17.0 Å². The zero-order chi connectivity index (χ0) is 13.3. The summed E-state index contributed by atoms with van der Waals surface area (Å²) < 4.78 is 25.5. The van der Waals surface area contributed by atoms with Crippen LogP contribution in [0.1, 0.15) is 17.7 Å². The number of carbonyl (C=O) groups is 1. The van der Waals surface area contributed by atoms with Gasteiger partial charge in [-0.2, -0.15) is 9.57 Å². The summed E-state index contributed by atoms with van der Waals surface area (Å²) in [5.74, 6) is -1.13. The Balaban J connectivity index is 2.37. The van der Waals surface area contributed by atoms with Crippen LogP contribution in [0.3, 0.4) is 0 Å². The van der Waals surface area contributed by atoms with Crippen molar-refractivity contribution in [2.24, 2.45) is 0 Å². The Kier molecular flexibility index (Phi) is 3.38. The Hall–Kier alpha value is -1.43. The van der Waals surface area contributed by atoms with Crippen LogP contribution in [0.5, 0.6) is 0 Å². The number of thiophene rings is 1. The van der Waals surface area contributed by atoms with E-state index < -0.39 is 22.0 Å². The lowest BCUT2D eigenvalue weighted by Crippen LogP contribution is -2.40. The highest BCUT2D eigenvalue weighted by molar-refractivity contribution is 7.91. The molecule has 8 heteroatoms. The molecule has 1 fully saturated rings. The summed E-state index contributed by atoms with van der Waals surface area (Å²) in [5.41, 5.74) is 0. The van der Waals surface area contributed by atoms with E-state index in [9.17, 15) is 13.2 Å². The molecule has 1 aliphatic rings. The molecule has 1 aromatic heterocycles. The van der Waals surface area contributed by atoms with Gasteiger partial charge in [0.05, 0.1) is 0 Å². The minimum Gasteiger partial charge on any atom is -0.480 e. The number of carboxylic acid groups (broad SMARTS) is 1. The Labute approximate surface area is 108 Å². The van der Waals surface area contributed by atoms with Crippen molar-refractivity contribution < 1.29 is 18.3 Å². The number of hydrogen-bond donors (Lipinski definition) is 1. The van der Waals surface area contributed by atoms with Crippen LogP contribution in [0.15, 0.2) is 16.3 Å². The highest BCUT2D eigenvalue weighted by Crippen LogP contribution is 2.30.